The Kier molecular flexibility index (Phi) is 6.16. The zero-order chi connectivity index (χ0) is 19.4. The van der Waals surface area contributed by atoms with Crippen LogP contribution in [0.5, 0.6) is 0 Å². The van der Waals surface area contributed by atoms with Crippen molar-refractivity contribution >= 4 is 34.9 Å². The maximum absolute atomic E-state index is 12.3. The Morgan fingerprint density at radius 2 is 1.81 bits per heavy atom. The molecular weight excluding hydrogens is 383 g/mol. The number of nitrogens with zero attached hydrogens (tertiary/aromatic N) is 2. The summed E-state index contributed by atoms with van der Waals surface area (Å²) in [6.45, 7) is 4.19. The third kappa shape index (κ3) is 4.89. The molecule has 5 nitrogen and oxygen atoms in total. The Morgan fingerprint density at radius 1 is 1.07 bits per heavy atom. The van der Waals surface area contributed by atoms with Gasteiger partial charge in [0.2, 0.25) is 5.91 Å². The predicted molar refractivity (Wildman–Crippen MR) is 111 cm³/mol. The molecular formula is C20H20Cl2N4O. The number of carbonyl (C=O) groups excluding carboxylic acids is 1. The standard InChI is InChI=1S/C20H20Cl2N4O/c1-13(2)23-12-20(27)24-19-11-18(14-6-4-3-5-7-14)25-26(19)15-8-9-16(21)17(22)10-15/h3-11,13,23H,12H2,1-2H3,(H,24,27). The zero-order valence-electron chi connectivity index (χ0n) is 15.0. The summed E-state index contributed by atoms with van der Waals surface area (Å²) < 4.78 is 1.65. The van der Waals surface area contributed by atoms with E-state index in [0.29, 0.717) is 21.6 Å². The third-order valence-corrected chi connectivity index (χ3v) is 4.60. The SMILES string of the molecule is CC(C)NCC(=O)Nc1cc(-c2ccccc2)nn1-c1ccc(Cl)c(Cl)c1. The van der Waals surface area contributed by atoms with Crippen molar-refractivity contribution in [2.75, 3.05) is 11.9 Å². The summed E-state index contributed by atoms with van der Waals surface area (Å²) in [6.07, 6.45) is 0. The second-order valence-corrected chi connectivity index (χ2v) is 7.19. The molecule has 0 bridgehead atoms. The van der Waals surface area contributed by atoms with Gasteiger partial charge in [-0.25, -0.2) is 4.68 Å². The minimum absolute atomic E-state index is 0.149. The van der Waals surface area contributed by atoms with Gasteiger partial charge in [-0.05, 0) is 18.2 Å². The summed E-state index contributed by atoms with van der Waals surface area (Å²) >= 11 is 12.2. The average Bonchev–Trinajstić information content (AvgIpc) is 3.07. The van der Waals surface area contributed by atoms with Crippen LogP contribution in [0.15, 0.2) is 54.6 Å². The van der Waals surface area contributed by atoms with Gasteiger partial charge >= 0.3 is 0 Å². The summed E-state index contributed by atoms with van der Waals surface area (Å²) in [6, 6.07) is 17.0. The number of nitrogens with one attached hydrogen (secondary N) is 2. The van der Waals surface area contributed by atoms with Gasteiger partial charge < -0.3 is 10.6 Å². The summed E-state index contributed by atoms with van der Waals surface area (Å²) in [5, 5.41) is 11.5. The molecule has 2 N–H and O–H groups in total. The molecule has 0 unspecified atom stereocenters. The Balaban J connectivity index is 1.97. The second-order valence-electron chi connectivity index (χ2n) is 6.37. The van der Waals surface area contributed by atoms with E-state index in [1.807, 2.05) is 50.2 Å². The molecule has 27 heavy (non-hydrogen) atoms. The maximum atomic E-state index is 12.3. The summed E-state index contributed by atoms with van der Waals surface area (Å²) in [5.41, 5.74) is 2.40. The topological polar surface area (TPSA) is 59.0 Å². The lowest BCUT2D eigenvalue weighted by Crippen LogP contribution is -2.33. The van der Waals surface area contributed by atoms with Crippen LogP contribution in [-0.2, 0) is 4.79 Å². The van der Waals surface area contributed by atoms with Crippen LogP contribution in [0, 0.1) is 0 Å². The minimum Gasteiger partial charge on any atom is -0.309 e. The smallest absolute Gasteiger partial charge is 0.239 e. The van der Waals surface area contributed by atoms with E-state index in [0.717, 1.165) is 11.3 Å². The first kappa shape index (κ1) is 19.4. The molecule has 3 aromatic rings. The highest BCUT2D eigenvalue weighted by molar-refractivity contribution is 6.42. The molecule has 0 atom stereocenters. The number of aromatic nitrogens is 2. The number of carbonyl (C=O) groups is 1. The predicted octanol–water partition coefficient (Wildman–Crippen LogP) is 4.78. The fourth-order valence-electron chi connectivity index (χ4n) is 2.52. The van der Waals surface area contributed by atoms with Crippen LogP contribution in [0.4, 0.5) is 5.82 Å². The fraction of sp³-hybridized carbons (Fsp3) is 0.200. The van der Waals surface area contributed by atoms with Gasteiger partial charge in [0, 0.05) is 17.7 Å². The highest BCUT2D eigenvalue weighted by atomic mass is 35.5. The second kappa shape index (κ2) is 8.57. The van der Waals surface area contributed by atoms with Crippen molar-refractivity contribution in [3.63, 3.8) is 0 Å². The average molecular weight is 403 g/mol. The first-order chi connectivity index (χ1) is 12.9. The van der Waals surface area contributed by atoms with E-state index in [2.05, 4.69) is 15.7 Å². The molecule has 140 valence electrons. The number of amides is 1. The molecule has 0 aliphatic heterocycles. The molecule has 0 aliphatic rings. The van der Waals surface area contributed by atoms with Gasteiger partial charge in [0.15, 0.2) is 0 Å². The number of anilines is 1. The van der Waals surface area contributed by atoms with E-state index in [4.69, 9.17) is 23.2 Å². The van der Waals surface area contributed by atoms with Crippen molar-refractivity contribution in [2.24, 2.45) is 0 Å². The highest BCUT2D eigenvalue weighted by Gasteiger charge is 2.14. The van der Waals surface area contributed by atoms with Crippen molar-refractivity contribution in [1.82, 2.24) is 15.1 Å². The lowest BCUT2D eigenvalue weighted by molar-refractivity contribution is -0.115. The molecule has 3 rings (SSSR count). The Bertz CT molecular complexity index is 938. The van der Waals surface area contributed by atoms with Crippen molar-refractivity contribution in [2.45, 2.75) is 19.9 Å². The largest absolute Gasteiger partial charge is 0.309 e. The van der Waals surface area contributed by atoms with Crippen LogP contribution in [0.2, 0.25) is 10.0 Å². The molecule has 1 aromatic heterocycles. The number of hydrogen-bond donors (Lipinski definition) is 2. The minimum atomic E-state index is -0.149. The molecule has 0 saturated heterocycles. The van der Waals surface area contributed by atoms with Gasteiger partial charge in [0.05, 0.1) is 28.0 Å². The molecule has 0 aliphatic carbocycles. The van der Waals surface area contributed by atoms with Crippen LogP contribution in [0.25, 0.3) is 16.9 Å². The van der Waals surface area contributed by atoms with Crippen LogP contribution in [0.1, 0.15) is 13.8 Å². The van der Waals surface area contributed by atoms with E-state index in [9.17, 15) is 4.79 Å². The zero-order valence-corrected chi connectivity index (χ0v) is 16.6. The first-order valence-corrected chi connectivity index (χ1v) is 9.34. The third-order valence-electron chi connectivity index (χ3n) is 3.87. The van der Waals surface area contributed by atoms with Gasteiger partial charge in [0.25, 0.3) is 0 Å². The number of halogens is 2. The van der Waals surface area contributed by atoms with E-state index < -0.39 is 0 Å². The molecule has 1 heterocycles. The fourth-order valence-corrected chi connectivity index (χ4v) is 2.81. The van der Waals surface area contributed by atoms with Crippen molar-refractivity contribution < 1.29 is 4.79 Å². The molecule has 0 spiro atoms. The first-order valence-electron chi connectivity index (χ1n) is 8.58. The van der Waals surface area contributed by atoms with Crippen molar-refractivity contribution in [1.29, 1.82) is 0 Å². The molecule has 0 saturated carbocycles. The van der Waals surface area contributed by atoms with Gasteiger partial charge in [-0.2, -0.15) is 5.10 Å². The molecule has 7 heteroatoms. The highest BCUT2D eigenvalue weighted by Crippen LogP contribution is 2.28. The maximum Gasteiger partial charge on any atom is 0.239 e. The summed E-state index contributed by atoms with van der Waals surface area (Å²) in [7, 11) is 0. The van der Waals surface area contributed by atoms with Gasteiger partial charge in [-0.1, -0.05) is 67.4 Å². The van der Waals surface area contributed by atoms with Crippen LogP contribution in [0.3, 0.4) is 0 Å². The van der Waals surface area contributed by atoms with Crippen LogP contribution >= 0.6 is 23.2 Å². The molecule has 0 radical (unpaired) electrons. The van der Waals surface area contributed by atoms with E-state index in [1.165, 1.54) is 0 Å². The quantitative estimate of drug-likeness (QED) is 0.623. The number of rotatable bonds is 6. The summed E-state index contributed by atoms with van der Waals surface area (Å²) in [5.74, 6) is 0.410. The van der Waals surface area contributed by atoms with Crippen molar-refractivity contribution in [3.05, 3.63) is 64.6 Å². The van der Waals surface area contributed by atoms with Gasteiger partial charge in [0.1, 0.15) is 5.82 Å². The van der Waals surface area contributed by atoms with Crippen LogP contribution < -0.4 is 10.6 Å². The van der Waals surface area contributed by atoms with E-state index >= 15 is 0 Å². The number of hydrogen-bond acceptors (Lipinski definition) is 3. The Hall–Kier alpha value is -2.34. The van der Waals surface area contributed by atoms with Gasteiger partial charge in [-0.15, -0.1) is 0 Å². The normalized spacial score (nSPS) is 11.0. The summed E-state index contributed by atoms with van der Waals surface area (Å²) in [4.78, 5) is 12.3. The van der Waals surface area contributed by atoms with E-state index in [1.54, 1.807) is 22.9 Å². The Labute approximate surface area is 168 Å². The molecule has 0 fully saturated rings. The Morgan fingerprint density at radius 3 is 2.48 bits per heavy atom. The van der Waals surface area contributed by atoms with Crippen LogP contribution in [-0.4, -0.2) is 28.3 Å². The van der Waals surface area contributed by atoms with Gasteiger partial charge in [-0.3, -0.25) is 4.79 Å². The van der Waals surface area contributed by atoms with E-state index in [-0.39, 0.29) is 18.5 Å². The molecule has 2 aromatic carbocycles. The van der Waals surface area contributed by atoms with Crippen molar-refractivity contribution in [3.8, 4) is 16.9 Å². The monoisotopic (exact) mass is 402 g/mol. The lowest BCUT2D eigenvalue weighted by atomic mass is 10.2. The lowest BCUT2D eigenvalue weighted by Gasteiger charge is -2.11. The number of benzene rings is 2. The molecule has 1 amide bonds.